The first-order chi connectivity index (χ1) is 7.98. The zero-order valence-electron chi connectivity index (χ0n) is 10.8. The van der Waals surface area contributed by atoms with E-state index in [4.69, 9.17) is 15.3 Å². The lowest BCUT2D eigenvalue weighted by Crippen LogP contribution is -2.14. The minimum absolute atomic E-state index is 0.217. The van der Waals surface area contributed by atoms with Gasteiger partial charge in [-0.1, -0.05) is 20.8 Å². The van der Waals surface area contributed by atoms with E-state index in [0.29, 0.717) is 24.1 Å². The molecule has 6 heteroatoms. The van der Waals surface area contributed by atoms with Gasteiger partial charge in [0.15, 0.2) is 5.82 Å². The topological polar surface area (TPSA) is 82.3 Å². The smallest absolute Gasteiger partial charge is 0.262 e. The van der Waals surface area contributed by atoms with Crippen LogP contribution in [0.1, 0.15) is 27.2 Å². The van der Waals surface area contributed by atoms with Gasteiger partial charge < -0.3 is 14.9 Å². The van der Waals surface area contributed by atoms with Crippen LogP contribution in [-0.4, -0.2) is 23.7 Å². The summed E-state index contributed by atoms with van der Waals surface area (Å²) >= 11 is 0. The van der Waals surface area contributed by atoms with Crippen molar-refractivity contribution in [3.8, 4) is 11.6 Å². The molecule has 0 aliphatic rings. The van der Waals surface area contributed by atoms with E-state index in [1.165, 1.54) is 13.4 Å². The third-order valence-electron chi connectivity index (χ3n) is 2.20. The maximum atomic E-state index is 5.57. The summed E-state index contributed by atoms with van der Waals surface area (Å²) in [4.78, 5) is 7.96. The van der Waals surface area contributed by atoms with E-state index in [2.05, 4.69) is 36.2 Å². The number of hydrogen-bond donors (Lipinski definition) is 2. The summed E-state index contributed by atoms with van der Waals surface area (Å²) in [7, 11) is 1.52. The summed E-state index contributed by atoms with van der Waals surface area (Å²) in [6.07, 6.45) is 2.30. The highest BCUT2D eigenvalue weighted by molar-refractivity contribution is 5.54. The van der Waals surface area contributed by atoms with Crippen molar-refractivity contribution in [2.75, 3.05) is 19.1 Å². The highest BCUT2D eigenvalue weighted by Crippen LogP contribution is 2.30. The molecule has 0 unspecified atom stereocenters. The van der Waals surface area contributed by atoms with Gasteiger partial charge in [0.2, 0.25) is 5.75 Å². The predicted molar refractivity (Wildman–Crippen MR) is 66.0 cm³/mol. The molecular formula is C11H20N4O2. The van der Waals surface area contributed by atoms with Crippen LogP contribution in [0.4, 0.5) is 5.82 Å². The Kier molecular flexibility index (Phi) is 4.51. The van der Waals surface area contributed by atoms with Crippen molar-refractivity contribution in [3.05, 3.63) is 6.33 Å². The number of rotatable bonds is 5. The molecule has 96 valence electrons. The lowest BCUT2D eigenvalue weighted by Gasteiger charge is -2.18. The first-order valence-electron chi connectivity index (χ1n) is 5.46. The number of hydrazine groups is 1. The van der Waals surface area contributed by atoms with Crippen LogP contribution in [0.3, 0.4) is 0 Å². The predicted octanol–water partition coefficient (Wildman–Crippen LogP) is 1.59. The third-order valence-corrected chi connectivity index (χ3v) is 2.20. The first kappa shape index (κ1) is 13.5. The van der Waals surface area contributed by atoms with E-state index in [1.807, 2.05) is 0 Å². The Morgan fingerprint density at radius 3 is 2.59 bits per heavy atom. The number of nitrogens with one attached hydrogen (secondary N) is 1. The van der Waals surface area contributed by atoms with Crippen molar-refractivity contribution in [1.29, 1.82) is 0 Å². The van der Waals surface area contributed by atoms with Crippen LogP contribution < -0.4 is 20.7 Å². The van der Waals surface area contributed by atoms with Crippen LogP contribution in [0.5, 0.6) is 11.6 Å². The Morgan fingerprint density at radius 1 is 1.35 bits per heavy atom. The van der Waals surface area contributed by atoms with Gasteiger partial charge in [-0.25, -0.2) is 10.8 Å². The Balaban J connectivity index is 2.70. The van der Waals surface area contributed by atoms with Crippen LogP contribution in [0, 0.1) is 5.41 Å². The van der Waals surface area contributed by atoms with Gasteiger partial charge in [-0.2, -0.15) is 4.98 Å². The van der Waals surface area contributed by atoms with Crippen LogP contribution in [0.25, 0.3) is 0 Å². The normalized spacial score (nSPS) is 11.1. The summed E-state index contributed by atoms with van der Waals surface area (Å²) in [6, 6.07) is 0. The number of methoxy groups -OCH3 is 1. The molecule has 0 atom stereocenters. The SMILES string of the molecule is COc1c(NN)ncnc1OCCC(C)(C)C. The molecule has 0 aromatic carbocycles. The standard InChI is InChI=1S/C11H20N4O2/c1-11(2,3)5-6-17-10-8(16-4)9(15-12)13-7-14-10/h7H,5-6,12H2,1-4H3,(H,13,14,15). The summed E-state index contributed by atoms with van der Waals surface area (Å²) in [6.45, 7) is 7.03. The van der Waals surface area contributed by atoms with Crippen LogP contribution >= 0.6 is 0 Å². The largest absolute Gasteiger partial charge is 0.489 e. The molecule has 6 nitrogen and oxygen atoms in total. The van der Waals surface area contributed by atoms with Crippen molar-refractivity contribution in [2.24, 2.45) is 11.3 Å². The molecule has 3 N–H and O–H groups in total. The second-order valence-corrected chi connectivity index (χ2v) is 4.86. The highest BCUT2D eigenvalue weighted by Gasteiger charge is 2.15. The van der Waals surface area contributed by atoms with Crippen molar-refractivity contribution in [2.45, 2.75) is 27.2 Å². The Hall–Kier alpha value is -1.56. The van der Waals surface area contributed by atoms with Gasteiger partial charge in [-0.05, 0) is 11.8 Å². The highest BCUT2D eigenvalue weighted by atomic mass is 16.5. The molecule has 1 rings (SSSR count). The fourth-order valence-electron chi connectivity index (χ4n) is 1.20. The summed E-state index contributed by atoms with van der Waals surface area (Å²) in [5, 5.41) is 0. The molecule has 0 saturated heterocycles. The van der Waals surface area contributed by atoms with Crippen LogP contribution in [0.15, 0.2) is 6.33 Å². The molecule has 0 aliphatic carbocycles. The number of nitrogens with two attached hydrogens (primary N) is 1. The Labute approximate surface area is 102 Å². The van der Waals surface area contributed by atoms with Gasteiger partial charge in [0.05, 0.1) is 13.7 Å². The van der Waals surface area contributed by atoms with E-state index >= 15 is 0 Å². The average molecular weight is 240 g/mol. The van der Waals surface area contributed by atoms with Crippen molar-refractivity contribution in [1.82, 2.24) is 9.97 Å². The number of anilines is 1. The molecule has 1 aromatic rings. The van der Waals surface area contributed by atoms with Gasteiger partial charge in [-0.3, -0.25) is 0 Å². The van der Waals surface area contributed by atoms with Crippen molar-refractivity contribution in [3.63, 3.8) is 0 Å². The number of nitrogen functional groups attached to an aromatic ring is 1. The molecular weight excluding hydrogens is 220 g/mol. The second kappa shape index (κ2) is 5.67. The minimum atomic E-state index is 0.217. The van der Waals surface area contributed by atoms with Crippen LogP contribution in [-0.2, 0) is 0 Å². The number of aromatic nitrogens is 2. The fraction of sp³-hybridized carbons (Fsp3) is 0.636. The summed E-state index contributed by atoms with van der Waals surface area (Å²) in [5.74, 6) is 6.55. The molecule has 1 heterocycles. The molecule has 1 aromatic heterocycles. The Morgan fingerprint density at radius 2 is 2.06 bits per heavy atom. The van der Waals surface area contributed by atoms with Gasteiger partial charge in [-0.15, -0.1) is 0 Å². The zero-order chi connectivity index (χ0) is 12.9. The quantitative estimate of drug-likeness (QED) is 0.600. The van der Waals surface area contributed by atoms with Crippen molar-refractivity contribution >= 4 is 5.82 Å². The molecule has 0 spiro atoms. The number of ether oxygens (including phenoxy) is 2. The molecule has 0 saturated carbocycles. The molecule has 0 aliphatic heterocycles. The summed E-state index contributed by atoms with van der Waals surface area (Å²) in [5.41, 5.74) is 2.65. The van der Waals surface area contributed by atoms with Crippen LogP contribution in [0.2, 0.25) is 0 Å². The average Bonchev–Trinajstić information content (AvgIpc) is 2.27. The number of nitrogens with zero attached hydrogens (tertiary/aromatic N) is 2. The van der Waals surface area contributed by atoms with Gasteiger partial charge in [0.25, 0.3) is 5.88 Å². The Bertz CT molecular complexity index is 363. The maximum Gasteiger partial charge on any atom is 0.262 e. The maximum absolute atomic E-state index is 5.57. The van der Waals surface area contributed by atoms with E-state index < -0.39 is 0 Å². The minimum Gasteiger partial charge on any atom is -0.489 e. The second-order valence-electron chi connectivity index (χ2n) is 4.86. The van der Waals surface area contributed by atoms with E-state index in [9.17, 15) is 0 Å². The number of hydrogen-bond acceptors (Lipinski definition) is 6. The zero-order valence-corrected chi connectivity index (χ0v) is 10.8. The van der Waals surface area contributed by atoms with Crippen molar-refractivity contribution < 1.29 is 9.47 Å². The van der Waals surface area contributed by atoms with E-state index in [0.717, 1.165) is 6.42 Å². The fourth-order valence-corrected chi connectivity index (χ4v) is 1.20. The monoisotopic (exact) mass is 240 g/mol. The van der Waals surface area contributed by atoms with E-state index in [-0.39, 0.29) is 5.41 Å². The van der Waals surface area contributed by atoms with Gasteiger partial charge in [0.1, 0.15) is 6.33 Å². The van der Waals surface area contributed by atoms with E-state index in [1.54, 1.807) is 0 Å². The molecule has 17 heavy (non-hydrogen) atoms. The van der Waals surface area contributed by atoms with Gasteiger partial charge >= 0.3 is 0 Å². The van der Waals surface area contributed by atoms with Gasteiger partial charge in [0, 0.05) is 0 Å². The lowest BCUT2D eigenvalue weighted by atomic mass is 9.93. The molecule has 0 fully saturated rings. The first-order valence-corrected chi connectivity index (χ1v) is 5.46. The summed E-state index contributed by atoms with van der Waals surface area (Å²) < 4.78 is 10.7. The molecule has 0 bridgehead atoms. The molecule has 0 radical (unpaired) electrons. The lowest BCUT2D eigenvalue weighted by molar-refractivity contribution is 0.227. The molecule has 0 amide bonds. The third kappa shape index (κ3) is 4.07.